The molecule has 0 unspecified atom stereocenters. The van der Waals surface area contributed by atoms with E-state index in [9.17, 15) is 0 Å². The van der Waals surface area contributed by atoms with Crippen molar-refractivity contribution in [2.45, 2.75) is 45.2 Å². The van der Waals surface area contributed by atoms with Crippen molar-refractivity contribution in [3.05, 3.63) is 40.9 Å². The van der Waals surface area contributed by atoms with Crippen LogP contribution in [-0.4, -0.2) is 11.0 Å². The average molecular weight is 272 g/mol. The van der Waals surface area contributed by atoms with Crippen molar-refractivity contribution in [3.8, 4) is 10.6 Å². The molecule has 0 amide bonds. The van der Waals surface area contributed by atoms with Crippen LogP contribution in [0.3, 0.4) is 0 Å². The third-order valence-electron chi connectivity index (χ3n) is 3.53. The summed E-state index contributed by atoms with van der Waals surface area (Å²) in [4.78, 5) is 4.71. The van der Waals surface area contributed by atoms with Gasteiger partial charge in [0.15, 0.2) is 0 Å². The maximum Gasteiger partial charge on any atom is 0.123 e. The summed E-state index contributed by atoms with van der Waals surface area (Å²) in [7, 11) is 0. The van der Waals surface area contributed by atoms with Gasteiger partial charge in [-0.25, -0.2) is 4.98 Å². The van der Waals surface area contributed by atoms with Crippen LogP contribution in [0.25, 0.3) is 10.6 Å². The first-order valence-electron chi connectivity index (χ1n) is 7.00. The Morgan fingerprint density at radius 1 is 1.26 bits per heavy atom. The van der Waals surface area contributed by atoms with Crippen molar-refractivity contribution >= 4 is 11.3 Å². The molecular formula is C16H20N2S. The van der Waals surface area contributed by atoms with Crippen LogP contribution in [0.5, 0.6) is 0 Å². The molecule has 2 nitrogen and oxygen atoms in total. The van der Waals surface area contributed by atoms with Crippen LogP contribution in [0.15, 0.2) is 29.6 Å². The van der Waals surface area contributed by atoms with E-state index >= 15 is 0 Å². The Balaban J connectivity index is 1.70. The second-order valence-corrected chi connectivity index (χ2v) is 6.43. The molecule has 1 fully saturated rings. The van der Waals surface area contributed by atoms with Gasteiger partial charge in [-0.3, -0.25) is 0 Å². The van der Waals surface area contributed by atoms with Gasteiger partial charge in [-0.15, -0.1) is 11.3 Å². The minimum absolute atomic E-state index is 0.587. The van der Waals surface area contributed by atoms with E-state index in [4.69, 9.17) is 4.98 Å². The second-order valence-electron chi connectivity index (χ2n) is 5.58. The number of nitrogens with one attached hydrogen (secondary N) is 1. The third kappa shape index (κ3) is 3.23. The summed E-state index contributed by atoms with van der Waals surface area (Å²) in [6.45, 7) is 5.35. The molecule has 100 valence electrons. The van der Waals surface area contributed by atoms with Crippen LogP contribution in [0.1, 0.15) is 43.9 Å². The predicted octanol–water partition coefficient (Wildman–Crippen LogP) is 4.19. The fourth-order valence-corrected chi connectivity index (χ4v) is 2.89. The van der Waals surface area contributed by atoms with Gasteiger partial charge in [-0.05, 0) is 24.3 Å². The molecule has 1 aromatic heterocycles. The molecular weight excluding hydrogens is 252 g/mol. The fourth-order valence-electron chi connectivity index (χ4n) is 2.07. The van der Waals surface area contributed by atoms with E-state index < -0.39 is 0 Å². The molecule has 1 aromatic carbocycles. The van der Waals surface area contributed by atoms with E-state index in [1.807, 2.05) is 0 Å². The number of benzene rings is 1. The highest BCUT2D eigenvalue weighted by Gasteiger charge is 2.20. The highest BCUT2D eigenvalue weighted by atomic mass is 32.1. The molecule has 2 aromatic rings. The van der Waals surface area contributed by atoms with Crippen LogP contribution in [-0.2, 0) is 6.54 Å². The summed E-state index contributed by atoms with van der Waals surface area (Å²) < 4.78 is 0. The second kappa shape index (κ2) is 5.43. The van der Waals surface area contributed by atoms with E-state index in [2.05, 4.69) is 48.8 Å². The summed E-state index contributed by atoms with van der Waals surface area (Å²) in [6, 6.07) is 9.54. The van der Waals surface area contributed by atoms with Crippen molar-refractivity contribution in [2.75, 3.05) is 0 Å². The molecule has 3 rings (SSSR count). The van der Waals surface area contributed by atoms with E-state index in [1.165, 1.54) is 29.7 Å². The van der Waals surface area contributed by atoms with Gasteiger partial charge in [-0.1, -0.05) is 38.1 Å². The normalized spacial score (nSPS) is 15.1. The van der Waals surface area contributed by atoms with Crippen LogP contribution in [0.4, 0.5) is 0 Å². The first-order valence-corrected chi connectivity index (χ1v) is 7.88. The molecule has 1 aliphatic carbocycles. The molecule has 3 heteroatoms. The Morgan fingerprint density at radius 3 is 2.63 bits per heavy atom. The summed E-state index contributed by atoms with van der Waals surface area (Å²) in [5.74, 6) is 0.587. The van der Waals surface area contributed by atoms with Gasteiger partial charge >= 0.3 is 0 Å². The van der Waals surface area contributed by atoms with Gasteiger partial charge < -0.3 is 5.32 Å². The lowest BCUT2D eigenvalue weighted by molar-refractivity contribution is 0.678. The van der Waals surface area contributed by atoms with Crippen molar-refractivity contribution < 1.29 is 0 Å². The van der Waals surface area contributed by atoms with Crippen molar-refractivity contribution in [3.63, 3.8) is 0 Å². The molecule has 0 atom stereocenters. The molecule has 1 heterocycles. The summed E-state index contributed by atoms with van der Waals surface area (Å²) in [5, 5.41) is 6.80. The van der Waals surface area contributed by atoms with Crippen LogP contribution >= 0.6 is 11.3 Å². The minimum Gasteiger partial charge on any atom is -0.308 e. The topological polar surface area (TPSA) is 24.9 Å². The first-order chi connectivity index (χ1) is 9.22. The van der Waals surface area contributed by atoms with E-state index in [0.29, 0.717) is 5.92 Å². The van der Waals surface area contributed by atoms with Crippen LogP contribution < -0.4 is 5.32 Å². The van der Waals surface area contributed by atoms with Crippen molar-refractivity contribution in [2.24, 2.45) is 0 Å². The number of hydrogen-bond donors (Lipinski definition) is 1. The van der Waals surface area contributed by atoms with Gasteiger partial charge in [0.1, 0.15) is 5.01 Å². The highest BCUT2D eigenvalue weighted by Crippen LogP contribution is 2.26. The number of nitrogens with zero attached hydrogens (tertiary/aromatic N) is 1. The minimum atomic E-state index is 0.587. The highest BCUT2D eigenvalue weighted by molar-refractivity contribution is 7.13. The molecule has 0 radical (unpaired) electrons. The summed E-state index contributed by atoms with van der Waals surface area (Å²) in [6.07, 6.45) is 2.65. The smallest absolute Gasteiger partial charge is 0.123 e. The maximum atomic E-state index is 4.71. The Bertz CT molecular complexity index is 538. The number of aromatic nitrogens is 1. The SMILES string of the molecule is CC(C)c1ccc(-c2nc(CNC3CC3)cs2)cc1. The molecule has 0 bridgehead atoms. The number of hydrogen-bond acceptors (Lipinski definition) is 3. The lowest BCUT2D eigenvalue weighted by Crippen LogP contribution is -2.15. The van der Waals surface area contributed by atoms with E-state index in [0.717, 1.165) is 17.6 Å². The zero-order chi connectivity index (χ0) is 13.2. The number of thiazole rings is 1. The molecule has 0 aliphatic heterocycles. The van der Waals surface area contributed by atoms with E-state index in [1.54, 1.807) is 11.3 Å². The summed E-state index contributed by atoms with van der Waals surface area (Å²) >= 11 is 1.74. The lowest BCUT2D eigenvalue weighted by atomic mass is 10.0. The number of rotatable bonds is 5. The fraction of sp³-hybridized carbons (Fsp3) is 0.438. The standard InChI is InChI=1S/C16H20N2S/c1-11(2)12-3-5-13(6-4-12)16-18-15(10-19-16)9-17-14-7-8-14/h3-6,10-11,14,17H,7-9H2,1-2H3. The molecule has 19 heavy (non-hydrogen) atoms. The van der Waals surface area contributed by atoms with Crippen LogP contribution in [0.2, 0.25) is 0 Å². The lowest BCUT2D eigenvalue weighted by Gasteiger charge is -2.05. The largest absolute Gasteiger partial charge is 0.308 e. The monoisotopic (exact) mass is 272 g/mol. The van der Waals surface area contributed by atoms with Gasteiger partial charge in [0, 0.05) is 23.5 Å². The van der Waals surface area contributed by atoms with Crippen molar-refractivity contribution in [1.29, 1.82) is 0 Å². The molecule has 0 spiro atoms. The molecule has 1 N–H and O–H groups in total. The Kier molecular flexibility index (Phi) is 3.67. The van der Waals surface area contributed by atoms with Gasteiger partial charge in [-0.2, -0.15) is 0 Å². The zero-order valence-electron chi connectivity index (χ0n) is 11.5. The van der Waals surface area contributed by atoms with Crippen molar-refractivity contribution in [1.82, 2.24) is 10.3 Å². The van der Waals surface area contributed by atoms with Crippen LogP contribution in [0, 0.1) is 0 Å². The average Bonchev–Trinajstić information content (AvgIpc) is 3.13. The maximum absolute atomic E-state index is 4.71. The predicted molar refractivity (Wildman–Crippen MR) is 81.5 cm³/mol. The molecule has 1 saturated carbocycles. The van der Waals surface area contributed by atoms with Gasteiger partial charge in [0.2, 0.25) is 0 Å². The van der Waals surface area contributed by atoms with E-state index in [-0.39, 0.29) is 0 Å². The quantitative estimate of drug-likeness (QED) is 0.883. The van der Waals surface area contributed by atoms with Gasteiger partial charge in [0.25, 0.3) is 0 Å². The Morgan fingerprint density at radius 2 is 2.00 bits per heavy atom. The Hall–Kier alpha value is -1.19. The molecule has 0 saturated heterocycles. The third-order valence-corrected chi connectivity index (χ3v) is 4.47. The summed E-state index contributed by atoms with van der Waals surface area (Å²) in [5.41, 5.74) is 3.78. The Labute approximate surface area is 118 Å². The zero-order valence-corrected chi connectivity index (χ0v) is 12.3. The van der Waals surface area contributed by atoms with Gasteiger partial charge in [0.05, 0.1) is 5.69 Å². The first kappa shape index (κ1) is 12.8. The molecule has 1 aliphatic rings.